The normalized spacial score (nSPS) is 12.8. The second-order valence-electron chi connectivity index (χ2n) is 9.71. The molecule has 8 nitrogen and oxygen atoms in total. The van der Waals surface area contributed by atoms with Crippen LogP contribution in [0.25, 0.3) is 0 Å². The van der Waals surface area contributed by atoms with Crippen LogP contribution in [0.5, 0.6) is 0 Å². The molecule has 2 amide bonds. The Morgan fingerprint density at radius 3 is 1.41 bits per heavy atom. The summed E-state index contributed by atoms with van der Waals surface area (Å²) in [6.07, 6.45) is -0.153. The number of hydrogen-bond acceptors (Lipinski definition) is 6. The third kappa shape index (κ3) is 27.4. The van der Waals surface area contributed by atoms with Crippen LogP contribution in [-0.4, -0.2) is 55.5 Å². The van der Waals surface area contributed by atoms with Crippen molar-refractivity contribution in [3.05, 3.63) is 10.5 Å². The number of carboxylic acids is 2. The fourth-order valence-electron chi connectivity index (χ4n) is 2.18. The van der Waals surface area contributed by atoms with E-state index in [1.165, 1.54) is 23.5 Å². The van der Waals surface area contributed by atoms with Crippen molar-refractivity contribution in [1.82, 2.24) is 10.6 Å². The summed E-state index contributed by atoms with van der Waals surface area (Å²) in [5.74, 6) is -2.35. The molecule has 0 aromatic rings. The fraction of sp³-hybridized carbons (Fsp3) is 0.727. The van der Waals surface area contributed by atoms with Gasteiger partial charge in [-0.2, -0.15) is 27.7 Å². The minimum absolute atomic E-state index is 0. The van der Waals surface area contributed by atoms with Gasteiger partial charge in [0.15, 0.2) is 0 Å². The Kier molecular flexibility index (Phi) is 24.4. The van der Waals surface area contributed by atoms with Crippen LogP contribution in [0.1, 0.15) is 82.1 Å². The minimum Gasteiger partial charge on any atom is -0.481 e. The number of rotatable bonds is 10. The van der Waals surface area contributed by atoms with E-state index in [0.29, 0.717) is 0 Å². The third-order valence-corrected chi connectivity index (χ3v) is 5.33. The maximum atomic E-state index is 11.8. The van der Waals surface area contributed by atoms with Gasteiger partial charge in [-0.15, -0.1) is 0 Å². The number of carboxylic acid groups (broad SMARTS) is 2. The zero-order valence-electron chi connectivity index (χ0n) is 22.1. The molecule has 2 atom stereocenters. The minimum atomic E-state index is -0.956. The van der Waals surface area contributed by atoms with Crippen LogP contribution in [0.4, 0.5) is 0 Å². The molecule has 0 rings (SSSR count). The number of carbonyl (C=O) groups is 4. The Balaban J connectivity index is -0.000000250. The summed E-state index contributed by atoms with van der Waals surface area (Å²) < 4.78 is 0. The predicted molar refractivity (Wildman–Crippen MR) is 132 cm³/mol. The summed E-state index contributed by atoms with van der Waals surface area (Å²) in [6, 6.07) is 0. The molecule has 4 N–H and O–H groups in total. The van der Waals surface area contributed by atoms with Gasteiger partial charge in [-0.3, -0.25) is 29.7 Å². The number of carbonyl (C=O) groups excluding carboxylic acids is 2. The average molecular weight is 671 g/mol. The van der Waals surface area contributed by atoms with Gasteiger partial charge in [0.05, 0.1) is 16.9 Å². The van der Waals surface area contributed by atoms with Crippen molar-refractivity contribution in [2.24, 2.45) is 0 Å². The van der Waals surface area contributed by atoms with Gasteiger partial charge in [-0.25, -0.2) is 0 Å². The summed E-state index contributed by atoms with van der Waals surface area (Å²) in [7, 11) is 0. The van der Waals surface area contributed by atoms with E-state index in [4.69, 9.17) is 10.2 Å². The summed E-state index contributed by atoms with van der Waals surface area (Å²) in [5, 5.41) is 23.9. The van der Waals surface area contributed by atoms with E-state index < -0.39 is 22.4 Å². The van der Waals surface area contributed by atoms with Gasteiger partial charge in [0.25, 0.3) is 0 Å². The summed E-state index contributed by atoms with van der Waals surface area (Å²) in [6.45, 7) is 18.6. The quantitative estimate of drug-likeness (QED) is 0.256. The number of nitrogens with one attached hydrogen (secondary N) is 2. The van der Waals surface area contributed by atoms with Crippen molar-refractivity contribution in [3.63, 3.8) is 0 Å². The van der Waals surface area contributed by atoms with Crippen molar-refractivity contribution in [1.29, 1.82) is 0 Å². The van der Waals surface area contributed by atoms with Crippen molar-refractivity contribution < 1.29 is 94.8 Å². The fourth-order valence-corrected chi connectivity index (χ4v) is 4.05. The van der Waals surface area contributed by atoms with Crippen molar-refractivity contribution in [2.45, 2.75) is 104 Å². The third-order valence-electron chi connectivity index (χ3n) is 3.07. The van der Waals surface area contributed by atoms with Gasteiger partial charge >= 0.3 is 11.9 Å². The number of aliphatic carboxylic acids is 2. The first-order valence-electron chi connectivity index (χ1n) is 10.2. The van der Waals surface area contributed by atoms with Gasteiger partial charge in [0.1, 0.15) is 0 Å². The molecule has 0 bridgehead atoms. The zero-order chi connectivity index (χ0) is 25.9. The van der Waals surface area contributed by atoms with Crippen molar-refractivity contribution in [3.8, 4) is 0 Å². The first kappa shape index (κ1) is 41.9. The Hall–Kier alpha value is 0.788. The Labute approximate surface area is 264 Å². The molecular weight excluding hydrogens is 630 g/mol. The smallest absolute Gasteiger partial charge is 0.314 e. The molecule has 0 spiro atoms. The molecule has 0 aliphatic carbocycles. The SMILES string of the molecule is C[C-](C)SC(CC(=O)NC(C)(C)C)C(=O)O.C[C-](C)SC(CC(=O)O)C(=O)NC(C)(C)C.[Y].[Y]. The molecule has 0 aromatic carbocycles. The monoisotopic (exact) mass is 670 g/mol. The molecule has 0 saturated carbocycles. The van der Waals surface area contributed by atoms with Crippen LogP contribution >= 0.6 is 23.5 Å². The van der Waals surface area contributed by atoms with Crippen LogP contribution < -0.4 is 10.6 Å². The molecule has 0 aliphatic rings. The molecule has 0 aliphatic heterocycles. The zero-order valence-corrected chi connectivity index (χ0v) is 29.4. The molecule has 12 heteroatoms. The maximum absolute atomic E-state index is 11.8. The van der Waals surface area contributed by atoms with Gasteiger partial charge in [-0.1, -0.05) is 0 Å². The molecule has 194 valence electrons. The molecule has 2 unspecified atom stereocenters. The van der Waals surface area contributed by atoms with E-state index in [1.54, 1.807) is 0 Å². The van der Waals surface area contributed by atoms with E-state index in [2.05, 4.69) is 10.6 Å². The number of thioether (sulfide) groups is 2. The van der Waals surface area contributed by atoms with Crippen molar-refractivity contribution in [2.75, 3.05) is 0 Å². The molecule has 0 aromatic heterocycles. The molecule has 34 heavy (non-hydrogen) atoms. The Bertz CT molecular complexity index is 636. The predicted octanol–water partition coefficient (Wildman–Crippen LogP) is 4.09. The summed E-state index contributed by atoms with van der Waals surface area (Å²) in [5.41, 5.74) is -0.661. The Morgan fingerprint density at radius 2 is 1.12 bits per heavy atom. The standard InChI is InChI=1S/2C11H20NO3S.2Y/c1-7(2)16-8(6-9(13)14)10(15)12-11(3,4)5;1-7(2)16-8(10(14)15)6-9(13)12-11(3,4)5;;/h8H,6H2,1-5H3,(H,12,15)(H,13,14);8H,6H2,1-5H3,(H,12,13)(H,14,15);;/q2*-1;;. The Morgan fingerprint density at radius 1 is 0.735 bits per heavy atom. The molecule has 0 fully saturated rings. The van der Waals surface area contributed by atoms with E-state index in [9.17, 15) is 19.2 Å². The van der Waals surface area contributed by atoms with Gasteiger partial charge in [0.2, 0.25) is 11.8 Å². The van der Waals surface area contributed by atoms with E-state index in [1.807, 2.05) is 69.2 Å². The van der Waals surface area contributed by atoms with E-state index in [-0.39, 0.29) is 101 Å². The molecule has 0 heterocycles. The van der Waals surface area contributed by atoms with Crippen LogP contribution in [0.2, 0.25) is 0 Å². The van der Waals surface area contributed by atoms with Gasteiger partial charge in [0, 0.05) is 82.9 Å². The second kappa shape index (κ2) is 19.8. The summed E-state index contributed by atoms with van der Waals surface area (Å²) >= 11 is 2.52. The van der Waals surface area contributed by atoms with Crippen LogP contribution in [0.15, 0.2) is 0 Å². The van der Waals surface area contributed by atoms with Crippen LogP contribution in [0.3, 0.4) is 0 Å². The maximum Gasteiger partial charge on any atom is 0.314 e. The summed E-state index contributed by atoms with van der Waals surface area (Å²) in [4.78, 5) is 45.0. The van der Waals surface area contributed by atoms with E-state index in [0.717, 1.165) is 10.5 Å². The molecular formula is C22H40N2O6S2Y2-2. The number of amides is 2. The second-order valence-corrected chi connectivity index (χ2v) is 12.9. The van der Waals surface area contributed by atoms with E-state index >= 15 is 0 Å². The molecule has 0 saturated heterocycles. The van der Waals surface area contributed by atoms with Crippen LogP contribution in [0, 0.1) is 10.5 Å². The number of hydrogen-bond donors (Lipinski definition) is 4. The topological polar surface area (TPSA) is 133 Å². The average Bonchev–Trinajstić information content (AvgIpc) is 2.49. The first-order valence-corrected chi connectivity index (χ1v) is 12.0. The largest absolute Gasteiger partial charge is 0.481 e. The molecule has 2 radical (unpaired) electrons. The van der Waals surface area contributed by atoms with Gasteiger partial charge < -0.3 is 44.4 Å². The van der Waals surface area contributed by atoms with Crippen molar-refractivity contribution >= 4 is 47.3 Å². The van der Waals surface area contributed by atoms with Gasteiger partial charge in [-0.05, 0) is 41.5 Å². The van der Waals surface area contributed by atoms with Crippen LogP contribution in [-0.2, 0) is 84.6 Å². The first-order chi connectivity index (χ1) is 14.2.